The van der Waals surface area contributed by atoms with Crippen LogP contribution in [0.15, 0.2) is 12.3 Å². The van der Waals surface area contributed by atoms with E-state index in [0.717, 1.165) is 17.2 Å². The summed E-state index contributed by atoms with van der Waals surface area (Å²) in [5.74, 6) is 1.82. The smallest absolute Gasteiger partial charge is 0.0630 e. The van der Waals surface area contributed by atoms with Crippen LogP contribution in [0.4, 0.5) is 0 Å². The van der Waals surface area contributed by atoms with Crippen molar-refractivity contribution in [3.8, 4) is 6.07 Å². The van der Waals surface area contributed by atoms with Crippen molar-refractivity contribution in [2.45, 2.75) is 12.2 Å². The number of thioether (sulfide) groups is 1. The number of hydrogen-bond donors (Lipinski definition) is 1. The minimum Gasteiger partial charge on any atom is -0.282 e. The van der Waals surface area contributed by atoms with Crippen molar-refractivity contribution >= 4 is 11.8 Å². The number of rotatable bonds is 4. The fourth-order valence-electron chi connectivity index (χ4n) is 0.665. The van der Waals surface area contributed by atoms with E-state index in [1.165, 1.54) is 0 Å². The highest BCUT2D eigenvalue weighted by Gasteiger charge is 1.92. The highest BCUT2D eigenvalue weighted by molar-refractivity contribution is 7.98. The second-order valence-corrected chi connectivity index (χ2v) is 3.15. The average Bonchev–Trinajstić information content (AvgIpc) is 2.50. The van der Waals surface area contributed by atoms with Crippen molar-refractivity contribution in [2.24, 2.45) is 0 Å². The van der Waals surface area contributed by atoms with Crippen LogP contribution in [0.5, 0.6) is 0 Å². The summed E-state index contributed by atoms with van der Waals surface area (Å²) in [4.78, 5) is 0. The summed E-state index contributed by atoms with van der Waals surface area (Å²) in [6.45, 7) is 0. The van der Waals surface area contributed by atoms with Gasteiger partial charge in [0, 0.05) is 29.8 Å². The summed E-state index contributed by atoms with van der Waals surface area (Å²) in [6.07, 6.45) is 2.36. The van der Waals surface area contributed by atoms with Gasteiger partial charge in [-0.1, -0.05) is 0 Å². The van der Waals surface area contributed by atoms with Crippen LogP contribution in [0, 0.1) is 11.3 Å². The summed E-state index contributed by atoms with van der Waals surface area (Å²) in [7, 11) is 0. The molecule has 0 aromatic carbocycles. The number of hydrogen-bond acceptors (Lipinski definition) is 3. The van der Waals surface area contributed by atoms with Gasteiger partial charge in [0.15, 0.2) is 0 Å². The molecule has 4 heteroatoms. The predicted molar refractivity (Wildman–Crippen MR) is 45.0 cm³/mol. The molecule has 0 saturated carbocycles. The fourth-order valence-corrected chi connectivity index (χ4v) is 1.43. The Morgan fingerprint density at radius 1 is 1.73 bits per heavy atom. The Hall–Kier alpha value is -0.950. The largest absolute Gasteiger partial charge is 0.282 e. The Balaban J connectivity index is 2.10. The first kappa shape index (κ1) is 8.15. The van der Waals surface area contributed by atoms with Crippen molar-refractivity contribution in [3.05, 3.63) is 18.0 Å². The van der Waals surface area contributed by atoms with E-state index in [9.17, 15) is 0 Å². The SMILES string of the molecule is N#CCCSCc1ccn[nH]1. The van der Waals surface area contributed by atoms with Gasteiger partial charge >= 0.3 is 0 Å². The molecule has 0 aliphatic carbocycles. The van der Waals surface area contributed by atoms with Crippen molar-refractivity contribution in [1.82, 2.24) is 10.2 Å². The van der Waals surface area contributed by atoms with Crippen molar-refractivity contribution in [2.75, 3.05) is 5.75 Å². The lowest BCUT2D eigenvalue weighted by molar-refractivity contribution is 1.04. The van der Waals surface area contributed by atoms with Gasteiger partial charge in [0.25, 0.3) is 0 Å². The first-order chi connectivity index (χ1) is 5.43. The van der Waals surface area contributed by atoms with Gasteiger partial charge < -0.3 is 0 Å². The van der Waals surface area contributed by atoms with Gasteiger partial charge in [0.05, 0.1) is 6.07 Å². The Kier molecular flexibility index (Phi) is 3.56. The number of aromatic amines is 1. The molecule has 0 spiro atoms. The summed E-state index contributed by atoms with van der Waals surface area (Å²) < 4.78 is 0. The topological polar surface area (TPSA) is 52.5 Å². The molecule has 0 amide bonds. The summed E-state index contributed by atoms with van der Waals surface area (Å²) in [6, 6.07) is 4.04. The van der Waals surface area contributed by atoms with E-state index < -0.39 is 0 Å². The highest BCUT2D eigenvalue weighted by Crippen LogP contribution is 2.09. The highest BCUT2D eigenvalue weighted by atomic mass is 32.2. The van der Waals surface area contributed by atoms with Crippen LogP contribution in [0.25, 0.3) is 0 Å². The lowest BCUT2D eigenvalue weighted by Gasteiger charge is -1.93. The molecular weight excluding hydrogens is 158 g/mol. The molecule has 3 nitrogen and oxygen atoms in total. The molecule has 1 heterocycles. The molecule has 11 heavy (non-hydrogen) atoms. The van der Waals surface area contributed by atoms with Gasteiger partial charge in [-0.25, -0.2) is 0 Å². The van der Waals surface area contributed by atoms with Gasteiger partial charge in [-0.2, -0.15) is 22.1 Å². The third-order valence-electron chi connectivity index (χ3n) is 1.17. The van der Waals surface area contributed by atoms with Gasteiger partial charge in [0.1, 0.15) is 0 Å². The Morgan fingerprint density at radius 3 is 3.27 bits per heavy atom. The Morgan fingerprint density at radius 2 is 2.64 bits per heavy atom. The predicted octanol–water partition coefficient (Wildman–Crippen LogP) is 1.56. The van der Waals surface area contributed by atoms with E-state index in [2.05, 4.69) is 16.3 Å². The molecule has 1 aromatic rings. The second kappa shape index (κ2) is 4.80. The number of aromatic nitrogens is 2. The Labute approximate surface area is 69.8 Å². The number of H-pyrrole nitrogens is 1. The third-order valence-corrected chi connectivity index (χ3v) is 2.18. The molecule has 0 fully saturated rings. The number of nitriles is 1. The van der Waals surface area contributed by atoms with E-state index in [0.29, 0.717) is 6.42 Å². The molecule has 0 saturated heterocycles. The average molecular weight is 167 g/mol. The molecule has 0 radical (unpaired) electrons. The molecule has 1 N–H and O–H groups in total. The molecular formula is C7H9N3S. The molecule has 58 valence electrons. The van der Waals surface area contributed by atoms with Gasteiger partial charge in [-0.3, -0.25) is 5.10 Å². The third kappa shape index (κ3) is 3.10. The second-order valence-electron chi connectivity index (χ2n) is 2.04. The zero-order valence-corrected chi connectivity index (χ0v) is 6.90. The van der Waals surface area contributed by atoms with Crippen molar-refractivity contribution in [3.63, 3.8) is 0 Å². The molecule has 1 rings (SSSR count). The van der Waals surface area contributed by atoms with Crippen LogP contribution in [0.2, 0.25) is 0 Å². The molecule has 0 unspecified atom stereocenters. The Bertz CT molecular complexity index is 224. The summed E-state index contributed by atoms with van der Waals surface area (Å²) in [5, 5.41) is 14.9. The zero-order valence-electron chi connectivity index (χ0n) is 6.08. The minimum atomic E-state index is 0.624. The van der Waals surface area contributed by atoms with E-state index in [-0.39, 0.29) is 0 Å². The van der Waals surface area contributed by atoms with Gasteiger partial charge in [0.2, 0.25) is 0 Å². The maximum atomic E-state index is 8.24. The van der Waals surface area contributed by atoms with E-state index in [1.807, 2.05) is 6.07 Å². The first-order valence-corrected chi connectivity index (χ1v) is 4.52. The maximum Gasteiger partial charge on any atom is 0.0630 e. The van der Waals surface area contributed by atoms with Crippen LogP contribution >= 0.6 is 11.8 Å². The molecule has 0 bridgehead atoms. The first-order valence-electron chi connectivity index (χ1n) is 3.36. The lowest BCUT2D eigenvalue weighted by atomic mass is 10.5. The van der Waals surface area contributed by atoms with Crippen molar-refractivity contribution in [1.29, 1.82) is 5.26 Å². The summed E-state index contributed by atoms with van der Waals surface area (Å²) >= 11 is 1.74. The molecule has 0 atom stereocenters. The summed E-state index contributed by atoms with van der Waals surface area (Å²) in [5.41, 5.74) is 1.12. The lowest BCUT2D eigenvalue weighted by Crippen LogP contribution is -1.82. The van der Waals surface area contributed by atoms with E-state index >= 15 is 0 Å². The van der Waals surface area contributed by atoms with Crippen LogP contribution in [-0.2, 0) is 5.75 Å². The van der Waals surface area contributed by atoms with Crippen LogP contribution in [-0.4, -0.2) is 16.0 Å². The van der Waals surface area contributed by atoms with Crippen LogP contribution in [0.1, 0.15) is 12.1 Å². The van der Waals surface area contributed by atoms with Gasteiger partial charge in [-0.15, -0.1) is 0 Å². The zero-order chi connectivity index (χ0) is 7.94. The normalized spacial score (nSPS) is 9.36. The standard InChI is InChI=1S/C7H9N3S/c8-3-1-5-11-6-7-2-4-9-10-7/h2,4H,1,5-6H2,(H,9,10). The fraction of sp³-hybridized carbons (Fsp3) is 0.429. The molecule has 1 aromatic heterocycles. The van der Waals surface area contributed by atoms with Gasteiger partial charge in [-0.05, 0) is 6.07 Å². The minimum absolute atomic E-state index is 0.624. The number of nitrogens with one attached hydrogen (secondary N) is 1. The number of nitrogens with zero attached hydrogens (tertiary/aromatic N) is 2. The monoisotopic (exact) mass is 167 g/mol. The van der Waals surface area contributed by atoms with E-state index in [4.69, 9.17) is 5.26 Å². The van der Waals surface area contributed by atoms with Crippen molar-refractivity contribution < 1.29 is 0 Å². The maximum absolute atomic E-state index is 8.24. The van der Waals surface area contributed by atoms with Crippen LogP contribution < -0.4 is 0 Å². The molecule has 0 aliphatic heterocycles. The molecule has 0 aliphatic rings. The van der Waals surface area contributed by atoms with Crippen LogP contribution in [0.3, 0.4) is 0 Å². The van der Waals surface area contributed by atoms with E-state index in [1.54, 1.807) is 18.0 Å². The quantitative estimate of drug-likeness (QED) is 0.692.